The summed E-state index contributed by atoms with van der Waals surface area (Å²) in [6.07, 6.45) is 8.16. The number of hydrogen-bond donors (Lipinski definition) is 5. The van der Waals surface area contributed by atoms with Crippen LogP contribution in [0.2, 0.25) is 0 Å². The van der Waals surface area contributed by atoms with Crippen LogP contribution in [-0.2, 0) is 4.79 Å². The lowest BCUT2D eigenvalue weighted by Crippen LogP contribution is -2.59. The van der Waals surface area contributed by atoms with Crippen molar-refractivity contribution >= 4 is 28.5 Å². The lowest BCUT2D eigenvalue weighted by Gasteiger charge is -2.58. The number of anilines is 1. The van der Waals surface area contributed by atoms with Crippen molar-refractivity contribution in [3.63, 3.8) is 0 Å². The van der Waals surface area contributed by atoms with Crippen molar-refractivity contribution in [3.05, 3.63) is 24.0 Å². The molecule has 2 aromatic heterocycles. The molecule has 6 N–H and O–H groups in total. The van der Waals surface area contributed by atoms with Gasteiger partial charge in [-0.1, -0.05) is 0 Å². The van der Waals surface area contributed by atoms with Gasteiger partial charge in [0.15, 0.2) is 0 Å². The second-order valence-corrected chi connectivity index (χ2v) is 8.80. The monoisotopic (exact) mass is 383 g/mol. The number of pyridine rings is 1. The standard InChI is InChI=1S/C20H25N5O3/c21-15(26)9-24-19(27)14-8-23-18-13(1-2-22-18)17(14)25-16-11-3-10-4-12(16)7-20(28,5-10)6-11/h1-2,8,10-12,16,28H,3-7,9H2,(H2,21,26)(H,24,27)(H2,22,23,25). The molecular formula is C20H25N5O3. The molecule has 0 spiro atoms. The SMILES string of the molecule is NC(=O)CNC(=O)c1cnc2[nH]ccc2c1NC1C2CC3CC1CC(O)(C3)C2. The first-order chi connectivity index (χ1) is 13.4. The number of H-pyrrole nitrogens is 1. The number of hydrogen-bond acceptors (Lipinski definition) is 5. The third-order valence-corrected chi connectivity index (χ3v) is 6.81. The van der Waals surface area contributed by atoms with E-state index in [2.05, 4.69) is 20.6 Å². The van der Waals surface area contributed by atoms with Crippen LogP contribution < -0.4 is 16.4 Å². The molecule has 2 amide bonds. The van der Waals surface area contributed by atoms with Gasteiger partial charge >= 0.3 is 0 Å². The molecule has 8 nitrogen and oxygen atoms in total. The summed E-state index contributed by atoms with van der Waals surface area (Å²) in [6.45, 7) is -0.215. The molecule has 6 rings (SSSR count). The van der Waals surface area contributed by atoms with Gasteiger partial charge < -0.3 is 26.5 Å². The Morgan fingerprint density at radius 1 is 1.29 bits per heavy atom. The smallest absolute Gasteiger partial charge is 0.255 e. The second-order valence-electron chi connectivity index (χ2n) is 8.80. The van der Waals surface area contributed by atoms with E-state index in [9.17, 15) is 14.7 Å². The van der Waals surface area contributed by atoms with Gasteiger partial charge in [-0.2, -0.15) is 0 Å². The highest BCUT2D eigenvalue weighted by atomic mass is 16.3. The predicted octanol–water partition coefficient (Wildman–Crippen LogP) is 1.13. The Hall–Kier alpha value is -2.61. The summed E-state index contributed by atoms with van der Waals surface area (Å²) in [4.78, 5) is 31.2. The zero-order valence-electron chi connectivity index (χ0n) is 15.6. The number of nitrogens with two attached hydrogens (primary N) is 1. The average molecular weight is 383 g/mol. The number of carbonyl (C=O) groups is 2. The van der Waals surface area contributed by atoms with Crippen LogP contribution in [0.3, 0.4) is 0 Å². The molecule has 2 unspecified atom stereocenters. The van der Waals surface area contributed by atoms with Crippen LogP contribution in [0.1, 0.15) is 42.5 Å². The first kappa shape index (κ1) is 17.5. The van der Waals surface area contributed by atoms with Gasteiger partial charge in [-0.15, -0.1) is 0 Å². The van der Waals surface area contributed by atoms with Crippen LogP contribution in [0.15, 0.2) is 18.5 Å². The van der Waals surface area contributed by atoms with Crippen molar-refractivity contribution < 1.29 is 14.7 Å². The molecule has 148 valence electrons. The summed E-state index contributed by atoms with van der Waals surface area (Å²) in [5, 5.41) is 17.9. The Morgan fingerprint density at radius 3 is 2.71 bits per heavy atom. The Kier molecular flexibility index (Phi) is 3.87. The zero-order valence-corrected chi connectivity index (χ0v) is 15.6. The fourth-order valence-electron chi connectivity index (χ4n) is 5.98. The molecule has 8 heteroatoms. The molecular weight excluding hydrogens is 358 g/mol. The fourth-order valence-corrected chi connectivity index (χ4v) is 5.98. The van der Waals surface area contributed by atoms with Crippen LogP contribution in [-0.4, -0.2) is 45.1 Å². The molecule has 28 heavy (non-hydrogen) atoms. The summed E-state index contributed by atoms with van der Waals surface area (Å²) in [5.41, 5.74) is 6.50. The highest BCUT2D eigenvalue weighted by Gasteiger charge is 2.54. The predicted molar refractivity (Wildman–Crippen MR) is 104 cm³/mol. The van der Waals surface area contributed by atoms with E-state index in [0.29, 0.717) is 29.0 Å². The summed E-state index contributed by atoms with van der Waals surface area (Å²) in [5.74, 6) is 0.454. The minimum absolute atomic E-state index is 0.215. The van der Waals surface area contributed by atoms with E-state index in [1.165, 1.54) is 6.20 Å². The fraction of sp³-hybridized carbons (Fsp3) is 0.550. The maximum absolute atomic E-state index is 12.7. The number of fused-ring (bicyclic) bond motifs is 1. The normalized spacial score (nSPS) is 33.2. The lowest BCUT2D eigenvalue weighted by atomic mass is 9.52. The van der Waals surface area contributed by atoms with Gasteiger partial charge in [0.05, 0.1) is 23.4 Å². The van der Waals surface area contributed by atoms with Gasteiger partial charge in [-0.3, -0.25) is 9.59 Å². The summed E-state index contributed by atoms with van der Waals surface area (Å²) in [6, 6.07) is 2.12. The Balaban J connectivity index is 1.48. The molecule has 4 aliphatic rings. The molecule has 0 aliphatic heterocycles. The van der Waals surface area contributed by atoms with Crippen LogP contribution in [0, 0.1) is 17.8 Å². The van der Waals surface area contributed by atoms with Gasteiger partial charge in [0, 0.05) is 23.8 Å². The van der Waals surface area contributed by atoms with E-state index < -0.39 is 11.5 Å². The first-order valence-electron chi connectivity index (χ1n) is 9.93. The molecule has 2 atom stereocenters. The Bertz CT molecular complexity index is 938. The van der Waals surface area contributed by atoms with Crippen molar-refractivity contribution in [1.29, 1.82) is 0 Å². The largest absolute Gasteiger partial charge is 0.390 e. The highest BCUT2D eigenvalue weighted by Crippen LogP contribution is 2.56. The number of carbonyl (C=O) groups excluding carboxylic acids is 2. The van der Waals surface area contributed by atoms with Crippen molar-refractivity contribution in [2.24, 2.45) is 23.5 Å². The number of primary amides is 1. The second kappa shape index (κ2) is 6.20. The maximum Gasteiger partial charge on any atom is 0.255 e. The molecule has 0 radical (unpaired) electrons. The van der Waals surface area contributed by atoms with E-state index in [1.54, 1.807) is 6.20 Å². The number of nitrogens with one attached hydrogen (secondary N) is 3. The highest BCUT2D eigenvalue weighted by molar-refractivity contribution is 6.07. The van der Waals surface area contributed by atoms with E-state index in [-0.39, 0.29) is 18.5 Å². The van der Waals surface area contributed by atoms with Gasteiger partial charge in [-0.05, 0) is 55.9 Å². The number of amides is 2. The van der Waals surface area contributed by atoms with Crippen LogP contribution in [0.25, 0.3) is 11.0 Å². The van der Waals surface area contributed by atoms with Crippen LogP contribution in [0.5, 0.6) is 0 Å². The van der Waals surface area contributed by atoms with Gasteiger partial charge in [-0.25, -0.2) is 4.98 Å². The van der Waals surface area contributed by atoms with Gasteiger partial charge in [0.25, 0.3) is 5.91 Å². The van der Waals surface area contributed by atoms with E-state index >= 15 is 0 Å². The summed E-state index contributed by atoms with van der Waals surface area (Å²) < 4.78 is 0. The molecule has 4 saturated carbocycles. The molecule has 0 aromatic carbocycles. The van der Waals surface area contributed by atoms with Crippen molar-refractivity contribution in [3.8, 4) is 0 Å². The van der Waals surface area contributed by atoms with E-state index in [0.717, 1.165) is 43.2 Å². The molecule has 2 heterocycles. The Morgan fingerprint density at radius 2 is 2.04 bits per heavy atom. The van der Waals surface area contributed by atoms with Crippen molar-refractivity contribution in [2.75, 3.05) is 11.9 Å². The quantitative estimate of drug-likeness (QED) is 0.528. The summed E-state index contributed by atoms with van der Waals surface area (Å²) in [7, 11) is 0. The Labute approximate surface area is 162 Å². The maximum atomic E-state index is 12.7. The molecule has 4 aliphatic carbocycles. The van der Waals surface area contributed by atoms with Crippen LogP contribution in [0.4, 0.5) is 5.69 Å². The number of nitrogens with zero attached hydrogens (tertiary/aromatic N) is 1. The minimum atomic E-state index is -0.590. The lowest BCUT2D eigenvalue weighted by molar-refractivity contribution is -0.129. The topological polar surface area (TPSA) is 133 Å². The first-order valence-corrected chi connectivity index (χ1v) is 9.93. The number of aliphatic hydroxyl groups is 1. The molecule has 4 bridgehead atoms. The van der Waals surface area contributed by atoms with E-state index in [4.69, 9.17) is 5.73 Å². The number of aromatic amines is 1. The van der Waals surface area contributed by atoms with Crippen molar-refractivity contribution in [2.45, 2.75) is 43.7 Å². The molecule has 0 saturated heterocycles. The van der Waals surface area contributed by atoms with E-state index in [1.807, 2.05) is 6.07 Å². The average Bonchev–Trinajstić information content (AvgIpc) is 3.10. The number of aromatic nitrogens is 2. The number of rotatable bonds is 5. The summed E-state index contributed by atoms with van der Waals surface area (Å²) >= 11 is 0. The minimum Gasteiger partial charge on any atom is -0.390 e. The third-order valence-electron chi connectivity index (χ3n) is 6.81. The van der Waals surface area contributed by atoms with Crippen molar-refractivity contribution in [1.82, 2.24) is 15.3 Å². The van der Waals surface area contributed by atoms with Crippen LogP contribution >= 0.6 is 0 Å². The molecule has 4 fully saturated rings. The zero-order chi connectivity index (χ0) is 19.5. The third kappa shape index (κ3) is 2.83. The molecule has 2 aromatic rings. The van der Waals surface area contributed by atoms with Gasteiger partial charge in [0.1, 0.15) is 5.65 Å². The van der Waals surface area contributed by atoms with Gasteiger partial charge in [0.2, 0.25) is 5.91 Å².